The van der Waals surface area contributed by atoms with Gasteiger partial charge in [-0.25, -0.2) is 0 Å². The van der Waals surface area contributed by atoms with Crippen molar-refractivity contribution in [2.75, 3.05) is 25.0 Å². The van der Waals surface area contributed by atoms with Crippen LogP contribution in [0.3, 0.4) is 0 Å². The first-order valence-corrected chi connectivity index (χ1v) is 11.8. The van der Waals surface area contributed by atoms with E-state index in [1.165, 1.54) is 16.7 Å². The highest BCUT2D eigenvalue weighted by Gasteiger charge is 2.49. The van der Waals surface area contributed by atoms with Crippen molar-refractivity contribution >= 4 is 23.2 Å². The molecular formula is C28H27ClN3O+. The number of rotatable bonds is 3. The number of likely N-dealkylation sites (tertiary alicyclic amines) is 1. The number of piperidine rings is 1. The molecule has 0 spiro atoms. The molecule has 0 N–H and O–H groups in total. The number of anilines is 1. The summed E-state index contributed by atoms with van der Waals surface area (Å²) in [5, 5.41) is 9.59. The number of hydrogen-bond acceptors (Lipinski definition) is 2. The van der Waals surface area contributed by atoms with Crippen LogP contribution in [0.2, 0.25) is 5.02 Å². The Bertz CT molecular complexity index is 1260. The Kier molecular flexibility index (Phi) is 5.48. The van der Waals surface area contributed by atoms with Gasteiger partial charge in [0.1, 0.15) is 6.54 Å². The Labute approximate surface area is 200 Å². The minimum absolute atomic E-state index is 0.0126. The summed E-state index contributed by atoms with van der Waals surface area (Å²) >= 11 is 6.41. The maximum atomic E-state index is 13.7. The van der Waals surface area contributed by atoms with Crippen LogP contribution in [0, 0.1) is 18.3 Å². The van der Waals surface area contributed by atoms with Crippen LogP contribution in [0.5, 0.6) is 0 Å². The van der Waals surface area contributed by atoms with Crippen molar-refractivity contribution in [3.05, 3.63) is 99.6 Å². The molecular weight excluding hydrogens is 430 g/mol. The van der Waals surface area contributed by atoms with E-state index in [9.17, 15) is 4.79 Å². The van der Waals surface area contributed by atoms with Crippen molar-refractivity contribution < 1.29 is 9.28 Å². The average Bonchev–Trinajstić information content (AvgIpc) is 3.11. The van der Waals surface area contributed by atoms with Crippen LogP contribution >= 0.6 is 11.6 Å². The number of likely N-dealkylation sites (N-methyl/N-ethyl adjacent to an activating group) is 1. The van der Waals surface area contributed by atoms with Gasteiger partial charge in [-0.05, 0) is 42.8 Å². The minimum atomic E-state index is -0.0126. The van der Waals surface area contributed by atoms with E-state index in [0.717, 1.165) is 36.2 Å². The first kappa shape index (κ1) is 21.7. The van der Waals surface area contributed by atoms with E-state index < -0.39 is 0 Å². The molecule has 1 saturated heterocycles. The normalized spacial score (nSPS) is 23.5. The van der Waals surface area contributed by atoms with Gasteiger partial charge in [0.15, 0.2) is 0 Å². The summed E-state index contributed by atoms with van der Waals surface area (Å²) in [6, 6.07) is 24.0. The van der Waals surface area contributed by atoms with Gasteiger partial charge >= 0.3 is 0 Å². The van der Waals surface area contributed by atoms with Gasteiger partial charge in [0, 0.05) is 17.7 Å². The van der Waals surface area contributed by atoms with Crippen LogP contribution < -0.4 is 4.90 Å². The fraction of sp³-hybridized carbons (Fsp3) is 0.286. The SMILES string of the molecule is Cc1ccc2c(c1)C1C[N+](C)(Cc3ccc(C#N)cc3)CCC1N2C(=O)c1ccccc1Cl. The number of benzene rings is 3. The summed E-state index contributed by atoms with van der Waals surface area (Å²) < 4.78 is 0.911. The quantitative estimate of drug-likeness (QED) is 0.475. The number of amides is 1. The van der Waals surface area contributed by atoms with Gasteiger partial charge in [-0.3, -0.25) is 4.79 Å². The molecule has 1 amide bonds. The van der Waals surface area contributed by atoms with Crippen LogP contribution in [0.1, 0.15) is 45.0 Å². The summed E-state index contributed by atoms with van der Waals surface area (Å²) in [7, 11) is 2.31. The molecule has 5 rings (SSSR count). The molecule has 3 aromatic rings. The number of halogens is 1. The van der Waals surface area contributed by atoms with E-state index >= 15 is 0 Å². The molecule has 3 aromatic carbocycles. The summed E-state index contributed by atoms with van der Waals surface area (Å²) in [5.41, 5.74) is 5.99. The van der Waals surface area contributed by atoms with Gasteiger partial charge in [-0.2, -0.15) is 5.26 Å². The summed E-state index contributed by atoms with van der Waals surface area (Å²) in [4.78, 5) is 15.7. The Morgan fingerprint density at radius 1 is 1.15 bits per heavy atom. The second-order valence-corrected chi connectivity index (χ2v) is 10.1. The number of nitrogens with zero attached hydrogens (tertiary/aromatic N) is 3. The third kappa shape index (κ3) is 3.93. The predicted molar refractivity (Wildman–Crippen MR) is 131 cm³/mol. The fourth-order valence-corrected chi connectivity index (χ4v) is 5.83. The van der Waals surface area contributed by atoms with Gasteiger partial charge in [-0.1, -0.05) is 53.6 Å². The van der Waals surface area contributed by atoms with Crippen LogP contribution in [0.4, 0.5) is 5.69 Å². The monoisotopic (exact) mass is 456 g/mol. The molecule has 0 radical (unpaired) electrons. The van der Waals surface area contributed by atoms with Crippen molar-refractivity contribution in [3.8, 4) is 6.07 Å². The number of carbonyl (C=O) groups is 1. The van der Waals surface area contributed by atoms with Crippen molar-refractivity contribution in [1.29, 1.82) is 5.26 Å². The molecule has 3 atom stereocenters. The second-order valence-electron chi connectivity index (χ2n) is 9.67. The molecule has 0 aliphatic carbocycles. The van der Waals surface area contributed by atoms with Crippen LogP contribution in [-0.4, -0.2) is 36.6 Å². The number of aryl methyl sites for hydroxylation is 1. The van der Waals surface area contributed by atoms with E-state index in [-0.39, 0.29) is 17.9 Å². The zero-order chi connectivity index (χ0) is 23.2. The highest BCUT2D eigenvalue weighted by atomic mass is 35.5. The molecule has 1 fully saturated rings. The lowest BCUT2D eigenvalue weighted by Crippen LogP contribution is -2.56. The van der Waals surface area contributed by atoms with Gasteiger partial charge in [0.05, 0.1) is 54.3 Å². The van der Waals surface area contributed by atoms with Crippen molar-refractivity contribution in [2.45, 2.75) is 31.8 Å². The zero-order valence-corrected chi connectivity index (χ0v) is 19.7. The Hall–Kier alpha value is -3.13. The van der Waals surface area contributed by atoms with Gasteiger partial charge in [0.2, 0.25) is 0 Å². The second kappa shape index (κ2) is 8.33. The highest BCUT2D eigenvalue weighted by molar-refractivity contribution is 6.34. The van der Waals surface area contributed by atoms with Crippen molar-refractivity contribution in [1.82, 2.24) is 0 Å². The average molecular weight is 457 g/mol. The molecule has 3 unspecified atom stereocenters. The topological polar surface area (TPSA) is 44.1 Å². The smallest absolute Gasteiger partial charge is 0.260 e. The van der Waals surface area contributed by atoms with E-state index in [2.05, 4.69) is 50.4 Å². The number of hydrogen-bond donors (Lipinski definition) is 0. The lowest BCUT2D eigenvalue weighted by Gasteiger charge is -2.44. The molecule has 0 aromatic heterocycles. The number of fused-ring (bicyclic) bond motifs is 3. The number of carbonyl (C=O) groups excluding carboxylic acids is 1. The largest absolute Gasteiger partial charge is 0.322 e. The molecule has 0 bridgehead atoms. The van der Waals surface area contributed by atoms with E-state index in [4.69, 9.17) is 16.9 Å². The lowest BCUT2D eigenvalue weighted by atomic mass is 9.87. The molecule has 166 valence electrons. The lowest BCUT2D eigenvalue weighted by molar-refractivity contribution is -0.928. The van der Waals surface area contributed by atoms with E-state index in [1.54, 1.807) is 6.07 Å². The predicted octanol–water partition coefficient (Wildman–Crippen LogP) is 5.68. The maximum Gasteiger partial charge on any atom is 0.260 e. The van der Waals surface area contributed by atoms with Crippen molar-refractivity contribution in [3.63, 3.8) is 0 Å². The van der Waals surface area contributed by atoms with Crippen LogP contribution in [0.25, 0.3) is 0 Å². The summed E-state index contributed by atoms with van der Waals surface area (Å²) in [6.45, 7) is 4.98. The molecule has 2 aliphatic rings. The third-order valence-corrected chi connectivity index (χ3v) is 7.54. The number of nitriles is 1. The molecule has 5 heteroatoms. The molecule has 2 heterocycles. The van der Waals surface area contributed by atoms with Crippen LogP contribution in [-0.2, 0) is 6.54 Å². The summed E-state index contributed by atoms with van der Waals surface area (Å²) in [6.07, 6.45) is 0.932. The van der Waals surface area contributed by atoms with Crippen LogP contribution in [0.15, 0.2) is 66.7 Å². The first-order chi connectivity index (χ1) is 15.9. The fourth-order valence-electron chi connectivity index (χ4n) is 5.61. The van der Waals surface area contributed by atoms with Gasteiger partial charge in [-0.15, -0.1) is 0 Å². The minimum Gasteiger partial charge on any atom is -0.322 e. The van der Waals surface area contributed by atoms with E-state index in [0.29, 0.717) is 16.1 Å². The Morgan fingerprint density at radius 3 is 2.64 bits per heavy atom. The molecule has 2 aliphatic heterocycles. The van der Waals surface area contributed by atoms with Crippen molar-refractivity contribution in [2.24, 2.45) is 0 Å². The maximum absolute atomic E-state index is 13.7. The highest BCUT2D eigenvalue weighted by Crippen LogP contribution is 2.47. The third-order valence-electron chi connectivity index (χ3n) is 7.21. The molecule has 4 nitrogen and oxygen atoms in total. The van der Waals surface area contributed by atoms with Gasteiger partial charge < -0.3 is 9.38 Å². The zero-order valence-electron chi connectivity index (χ0n) is 19.0. The van der Waals surface area contributed by atoms with E-state index in [1.807, 2.05) is 35.2 Å². The first-order valence-electron chi connectivity index (χ1n) is 11.4. The Morgan fingerprint density at radius 2 is 1.91 bits per heavy atom. The molecule has 33 heavy (non-hydrogen) atoms. The number of quaternary nitrogens is 1. The summed E-state index contributed by atoms with van der Waals surface area (Å²) in [5.74, 6) is 0.268. The standard InChI is InChI=1S/C28H27ClN3O/c1-19-7-12-26-23(15-19)24-18-32(2,17-21-10-8-20(16-30)9-11-21)14-13-27(24)31(26)28(33)22-5-3-4-6-25(22)29/h3-12,15,24,27H,13-14,17-18H2,1-2H3/q+1. The Balaban J connectivity index is 1.47. The van der Waals surface area contributed by atoms with Gasteiger partial charge in [0.25, 0.3) is 5.91 Å². The molecule has 0 saturated carbocycles.